The molecule has 1 aliphatic carbocycles. The molecule has 1 N–H and O–H groups in total. The van der Waals surface area contributed by atoms with E-state index in [4.69, 9.17) is 0 Å². The quantitative estimate of drug-likeness (QED) is 0.738. The number of amides is 1. The number of sulfonamides is 1. The number of piperazine rings is 1. The van der Waals surface area contributed by atoms with Crippen molar-refractivity contribution in [3.05, 3.63) is 29.8 Å². The van der Waals surface area contributed by atoms with Gasteiger partial charge in [-0.2, -0.15) is 0 Å². The van der Waals surface area contributed by atoms with Gasteiger partial charge in [-0.05, 0) is 37.5 Å². The van der Waals surface area contributed by atoms with E-state index in [0.29, 0.717) is 17.5 Å². The summed E-state index contributed by atoms with van der Waals surface area (Å²) in [5.41, 5.74) is 0.992. The van der Waals surface area contributed by atoms with Crippen LogP contribution in [0.3, 0.4) is 0 Å². The molecule has 8 heteroatoms. The summed E-state index contributed by atoms with van der Waals surface area (Å²) in [5.74, 6) is 0.132. The summed E-state index contributed by atoms with van der Waals surface area (Å²) in [6.45, 7) is 6.11. The summed E-state index contributed by atoms with van der Waals surface area (Å²) in [6.07, 6.45) is 2.21. The van der Waals surface area contributed by atoms with Crippen LogP contribution in [0, 0.1) is 0 Å². The summed E-state index contributed by atoms with van der Waals surface area (Å²) >= 11 is 0. The van der Waals surface area contributed by atoms with Crippen LogP contribution >= 0.6 is 0 Å². The van der Waals surface area contributed by atoms with Gasteiger partial charge < -0.3 is 5.32 Å². The van der Waals surface area contributed by atoms with Gasteiger partial charge in [0.15, 0.2) is 0 Å². The number of hydrogen-bond donors (Lipinski definition) is 1. The molecule has 27 heavy (non-hydrogen) atoms. The maximum atomic E-state index is 12.3. The summed E-state index contributed by atoms with van der Waals surface area (Å²) in [5, 5.41) is 3.08. The average Bonchev–Trinajstić information content (AvgIpc) is 3.46. The lowest BCUT2D eigenvalue weighted by Gasteiger charge is -2.37. The summed E-state index contributed by atoms with van der Waals surface area (Å²) in [6, 6.07) is 7.46. The standard InChI is InChI=1S/C19H30N4O3S/c1-15(19(24)20-17-7-8-17)23-11-9-22(10-12-23)14-16-5-4-6-18(13-16)27(25,26)21(2)3/h4-6,13,15,17H,7-12,14H2,1-3H3,(H,20,24)/t15-/m0/s1. The summed E-state index contributed by atoms with van der Waals surface area (Å²) in [4.78, 5) is 17.1. The van der Waals surface area contributed by atoms with E-state index in [2.05, 4.69) is 15.1 Å². The van der Waals surface area contributed by atoms with Crippen molar-refractivity contribution in [3.63, 3.8) is 0 Å². The Hall–Kier alpha value is -1.48. The van der Waals surface area contributed by atoms with Gasteiger partial charge in [0.05, 0.1) is 10.9 Å². The lowest BCUT2D eigenvalue weighted by atomic mass is 10.1. The number of nitrogens with one attached hydrogen (secondary N) is 1. The highest BCUT2D eigenvalue weighted by atomic mass is 32.2. The smallest absolute Gasteiger partial charge is 0.242 e. The van der Waals surface area contributed by atoms with Crippen molar-refractivity contribution in [2.75, 3.05) is 40.3 Å². The fourth-order valence-corrected chi connectivity index (χ4v) is 4.27. The molecule has 0 spiro atoms. The zero-order valence-electron chi connectivity index (χ0n) is 16.4. The Morgan fingerprint density at radius 3 is 2.48 bits per heavy atom. The zero-order chi connectivity index (χ0) is 19.6. The third-order valence-corrected chi connectivity index (χ3v) is 7.15. The summed E-state index contributed by atoms with van der Waals surface area (Å²) < 4.78 is 25.8. The van der Waals surface area contributed by atoms with Gasteiger partial charge in [-0.15, -0.1) is 0 Å². The molecule has 1 aromatic rings. The second-order valence-electron chi connectivity index (χ2n) is 7.71. The molecule has 0 bridgehead atoms. The van der Waals surface area contributed by atoms with Gasteiger partial charge in [0.1, 0.15) is 0 Å². The molecule has 1 saturated heterocycles. The second kappa shape index (κ2) is 8.26. The van der Waals surface area contributed by atoms with Crippen LogP contribution in [0.15, 0.2) is 29.2 Å². The van der Waals surface area contributed by atoms with Crippen molar-refractivity contribution in [1.29, 1.82) is 0 Å². The van der Waals surface area contributed by atoms with Crippen LogP contribution in [0.4, 0.5) is 0 Å². The molecule has 1 aromatic carbocycles. The minimum atomic E-state index is -3.41. The molecule has 1 heterocycles. The van der Waals surface area contributed by atoms with Crippen molar-refractivity contribution in [1.82, 2.24) is 19.4 Å². The molecule has 0 aromatic heterocycles. The molecule has 2 aliphatic rings. The number of carbonyl (C=O) groups excluding carboxylic acids is 1. The van der Waals surface area contributed by atoms with Gasteiger partial charge in [0.25, 0.3) is 0 Å². The van der Waals surface area contributed by atoms with Crippen LogP contribution in [0.2, 0.25) is 0 Å². The molecule has 0 unspecified atom stereocenters. The number of benzene rings is 1. The largest absolute Gasteiger partial charge is 0.352 e. The first-order valence-electron chi connectivity index (χ1n) is 9.55. The Balaban J connectivity index is 1.54. The molecule has 2 fully saturated rings. The number of rotatable bonds is 7. The second-order valence-corrected chi connectivity index (χ2v) is 9.86. The zero-order valence-corrected chi connectivity index (χ0v) is 17.2. The molecule has 3 rings (SSSR count). The highest BCUT2D eigenvalue weighted by Crippen LogP contribution is 2.20. The van der Waals surface area contributed by atoms with Crippen molar-refractivity contribution >= 4 is 15.9 Å². The molecule has 1 atom stereocenters. The van der Waals surface area contributed by atoms with E-state index >= 15 is 0 Å². The molecule has 1 saturated carbocycles. The van der Waals surface area contributed by atoms with Gasteiger partial charge in [-0.25, -0.2) is 12.7 Å². The van der Waals surface area contributed by atoms with E-state index in [1.54, 1.807) is 32.3 Å². The van der Waals surface area contributed by atoms with Crippen molar-refractivity contribution < 1.29 is 13.2 Å². The highest BCUT2D eigenvalue weighted by Gasteiger charge is 2.30. The van der Waals surface area contributed by atoms with E-state index in [0.717, 1.165) is 44.6 Å². The molecular weight excluding hydrogens is 364 g/mol. The van der Waals surface area contributed by atoms with Crippen LogP contribution in [-0.2, 0) is 21.4 Å². The normalized spacial score (nSPS) is 20.6. The number of carbonyl (C=O) groups is 1. The van der Waals surface area contributed by atoms with Crippen molar-refractivity contribution in [3.8, 4) is 0 Å². The SMILES string of the molecule is C[C@@H](C(=O)NC1CC1)N1CCN(Cc2cccc(S(=O)(=O)N(C)C)c2)CC1. The van der Waals surface area contributed by atoms with Gasteiger partial charge in [0, 0.05) is 52.9 Å². The third kappa shape index (κ3) is 5.07. The number of hydrogen-bond acceptors (Lipinski definition) is 5. The van der Waals surface area contributed by atoms with E-state index in [1.165, 1.54) is 4.31 Å². The van der Waals surface area contributed by atoms with Crippen molar-refractivity contribution in [2.24, 2.45) is 0 Å². The Kier molecular flexibility index (Phi) is 6.20. The maximum absolute atomic E-state index is 12.3. The Morgan fingerprint density at radius 1 is 1.22 bits per heavy atom. The monoisotopic (exact) mass is 394 g/mol. The predicted octanol–water partition coefficient (Wildman–Crippen LogP) is 0.722. The van der Waals surface area contributed by atoms with E-state index in [1.807, 2.05) is 13.0 Å². The van der Waals surface area contributed by atoms with Crippen LogP contribution in [0.25, 0.3) is 0 Å². The van der Waals surface area contributed by atoms with E-state index < -0.39 is 10.0 Å². The first-order chi connectivity index (χ1) is 12.8. The number of nitrogens with zero attached hydrogens (tertiary/aromatic N) is 3. The van der Waals surface area contributed by atoms with Gasteiger partial charge >= 0.3 is 0 Å². The Labute approximate surface area is 162 Å². The van der Waals surface area contributed by atoms with Gasteiger partial charge in [-0.3, -0.25) is 14.6 Å². The van der Waals surface area contributed by atoms with E-state index in [-0.39, 0.29) is 11.9 Å². The summed E-state index contributed by atoms with van der Waals surface area (Å²) in [7, 11) is -0.326. The fourth-order valence-electron chi connectivity index (χ4n) is 3.30. The van der Waals surface area contributed by atoms with Crippen LogP contribution < -0.4 is 5.32 Å². The highest BCUT2D eigenvalue weighted by molar-refractivity contribution is 7.89. The molecule has 150 valence electrons. The first-order valence-corrected chi connectivity index (χ1v) is 11.0. The average molecular weight is 395 g/mol. The maximum Gasteiger partial charge on any atom is 0.242 e. The molecular formula is C19H30N4O3S. The predicted molar refractivity (Wildman–Crippen MR) is 105 cm³/mol. The minimum Gasteiger partial charge on any atom is -0.352 e. The van der Waals surface area contributed by atoms with Gasteiger partial charge in [0.2, 0.25) is 15.9 Å². The van der Waals surface area contributed by atoms with Crippen molar-refractivity contribution in [2.45, 2.75) is 43.3 Å². The van der Waals surface area contributed by atoms with E-state index in [9.17, 15) is 13.2 Å². The third-order valence-electron chi connectivity index (χ3n) is 5.34. The fraction of sp³-hybridized carbons (Fsp3) is 0.632. The Bertz CT molecular complexity index is 769. The molecule has 1 amide bonds. The molecule has 1 aliphatic heterocycles. The van der Waals surface area contributed by atoms with Crippen LogP contribution in [0.1, 0.15) is 25.3 Å². The topological polar surface area (TPSA) is 73.0 Å². The molecule has 0 radical (unpaired) electrons. The lowest BCUT2D eigenvalue weighted by molar-refractivity contribution is -0.126. The minimum absolute atomic E-state index is 0.0960. The molecule has 7 nitrogen and oxygen atoms in total. The van der Waals surface area contributed by atoms with Crippen LogP contribution in [-0.4, -0.2) is 80.8 Å². The van der Waals surface area contributed by atoms with Gasteiger partial charge in [-0.1, -0.05) is 12.1 Å². The lowest BCUT2D eigenvalue weighted by Crippen LogP contribution is -2.53. The first kappa shape index (κ1) is 20.3. The Morgan fingerprint density at radius 2 is 1.89 bits per heavy atom. The van der Waals surface area contributed by atoms with Crippen LogP contribution in [0.5, 0.6) is 0 Å².